The Morgan fingerprint density at radius 2 is 1.54 bits per heavy atom. The first-order valence-electron chi connectivity index (χ1n) is 11.8. The molecule has 1 unspecified atom stereocenters. The van der Waals surface area contributed by atoms with Gasteiger partial charge in [-0.05, 0) is 67.1 Å². The average molecular weight is 472 g/mol. The molecule has 0 saturated carbocycles. The van der Waals surface area contributed by atoms with E-state index in [0.717, 1.165) is 52.8 Å². The van der Waals surface area contributed by atoms with E-state index >= 15 is 0 Å². The molecule has 1 aromatic heterocycles. The van der Waals surface area contributed by atoms with Crippen molar-refractivity contribution in [2.45, 2.75) is 25.3 Å². The minimum atomic E-state index is 0.0273. The largest absolute Gasteiger partial charge is 0.497 e. The lowest BCUT2D eigenvalue weighted by Gasteiger charge is -2.18. The van der Waals surface area contributed by atoms with Crippen molar-refractivity contribution in [3.63, 3.8) is 0 Å². The number of hydrogen-bond acceptors (Lipinski definition) is 5. The van der Waals surface area contributed by atoms with Crippen molar-refractivity contribution in [2.24, 2.45) is 0 Å². The summed E-state index contributed by atoms with van der Waals surface area (Å²) in [6.07, 6.45) is 1.26. The molecule has 0 spiro atoms. The van der Waals surface area contributed by atoms with Gasteiger partial charge in [0.1, 0.15) is 23.1 Å². The van der Waals surface area contributed by atoms with E-state index in [2.05, 4.69) is 10.6 Å². The highest BCUT2D eigenvalue weighted by Gasteiger charge is 2.34. The van der Waals surface area contributed by atoms with E-state index in [1.807, 2.05) is 71.6 Å². The van der Waals surface area contributed by atoms with Crippen molar-refractivity contribution in [3.05, 3.63) is 78.6 Å². The quantitative estimate of drug-likeness (QED) is 0.320. The Labute approximate surface area is 204 Å². The van der Waals surface area contributed by atoms with Crippen LogP contribution in [-0.4, -0.2) is 42.8 Å². The fraction of sp³-hybridized carbons (Fsp3) is 0.286. The topological polar surface area (TPSA) is 65.8 Å². The van der Waals surface area contributed by atoms with Crippen LogP contribution in [0.15, 0.2) is 72.8 Å². The number of rotatable bonds is 9. The molecular weight excluding hydrogens is 442 g/mol. The second-order valence-electron chi connectivity index (χ2n) is 8.59. The maximum absolute atomic E-state index is 12.9. The molecule has 180 valence electrons. The number of amides is 1. The van der Waals surface area contributed by atoms with Crippen molar-refractivity contribution in [2.75, 3.05) is 32.3 Å². The number of aryl methyl sites for hydroxylation is 1. The van der Waals surface area contributed by atoms with Crippen molar-refractivity contribution < 1.29 is 19.0 Å². The van der Waals surface area contributed by atoms with Crippen LogP contribution < -0.4 is 19.1 Å². The zero-order chi connectivity index (χ0) is 24.2. The Morgan fingerprint density at radius 1 is 0.886 bits per heavy atom. The number of ether oxygens (including phenoxy) is 3. The molecule has 0 radical (unpaired) electrons. The predicted molar refractivity (Wildman–Crippen MR) is 136 cm³/mol. The van der Waals surface area contributed by atoms with Crippen LogP contribution in [0.4, 0.5) is 5.69 Å². The fourth-order valence-corrected chi connectivity index (χ4v) is 4.62. The molecule has 1 saturated heterocycles. The van der Waals surface area contributed by atoms with E-state index in [-0.39, 0.29) is 11.8 Å². The minimum absolute atomic E-state index is 0.0273. The van der Waals surface area contributed by atoms with Gasteiger partial charge in [0.25, 0.3) is 0 Å². The molecule has 4 aromatic rings. The van der Waals surface area contributed by atoms with Gasteiger partial charge in [0.15, 0.2) is 0 Å². The van der Waals surface area contributed by atoms with Gasteiger partial charge < -0.3 is 23.7 Å². The second-order valence-corrected chi connectivity index (χ2v) is 8.59. The van der Waals surface area contributed by atoms with Gasteiger partial charge >= 0.3 is 0 Å². The molecule has 35 heavy (non-hydrogen) atoms. The van der Waals surface area contributed by atoms with Crippen LogP contribution in [0.1, 0.15) is 24.6 Å². The van der Waals surface area contributed by atoms with E-state index in [1.54, 1.807) is 14.2 Å². The molecule has 1 aliphatic heterocycles. The molecule has 2 heterocycles. The van der Waals surface area contributed by atoms with Crippen LogP contribution in [0.5, 0.6) is 17.2 Å². The SMILES string of the molecule is COc1ccc(OCCCn2c(C3CC(=O)N(c4ccc(OC)cc4)C3)nc3ccccc32)cc1. The maximum atomic E-state index is 12.9. The number of imidazole rings is 1. The highest BCUT2D eigenvalue weighted by Crippen LogP contribution is 2.34. The number of benzene rings is 3. The zero-order valence-electron chi connectivity index (χ0n) is 20.0. The lowest BCUT2D eigenvalue weighted by atomic mass is 10.1. The highest BCUT2D eigenvalue weighted by atomic mass is 16.5. The van der Waals surface area contributed by atoms with Gasteiger partial charge in [0.05, 0.1) is 31.9 Å². The van der Waals surface area contributed by atoms with Crippen LogP contribution in [0.2, 0.25) is 0 Å². The van der Waals surface area contributed by atoms with Gasteiger partial charge in [-0.1, -0.05) is 12.1 Å². The summed E-state index contributed by atoms with van der Waals surface area (Å²) < 4.78 is 18.6. The van der Waals surface area contributed by atoms with Crippen LogP contribution in [0, 0.1) is 0 Å². The second kappa shape index (κ2) is 10.1. The average Bonchev–Trinajstić information content (AvgIpc) is 3.47. The van der Waals surface area contributed by atoms with E-state index < -0.39 is 0 Å². The molecule has 0 N–H and O–H groups in total. The molecule has 1 amide bonds. The molecular formula is C28H29N3O4. The number of methoxy groups -OCH3 is 2. The summed E-state index contributed by atoms with van der Waals surface area (Å²) in [5.41, 5.74) is 2.92. The molecule has 0 aliphatic carbocycles. The van der Waals surface area contributed by atoms with Crippen molar-refractivity contribution in [1.29, 1.82) is 0 Å². The number of nitrogens with zero attached hydrogens (tertiary/aromatic N) is 3. The summed E-state index contributed by atoms with van der Waals surface area (Å²) in [5.74, 6) is 3.50. The monoisotopic (exact) mass is 471 g/mol. The van der Waals surface area contributed by atoms with Crippen LogP contribution in [0.3, 0.4) is 0 Å². The molecule has 0 bridgehead atoms. The Balaban J connectivity index is 1.31. The van der Waals surface area contributed by atoms with Gasteiger partial charge in [-0.25, -0.2) is 4.98 Å². The van der Waals surface area contributed by atoms with Gasteiger partial charge in [-0.3, -0.25) is 4.79 Å². The van der Waals surface area contributed by atoms with Crippen molar-refractivity contribution >= 4 is 22.6 Å². The van der Waals surface area contributed by atoms with E-state index in [4.69, 9.17) is 19.2 Å². The zero-order valence-corrected chi connectivity index (χ0v) is 20.0. The van der Waals surface area contributed by atoms with E-state index in [1.165, 1.54) is 0 Å². The first-order valence-corrected chi connectivity index (χ1v) is 11.8. The van der Waals surface area contributed by atoms with Crippen molar-refractivity contribution in [3.8, 4) is 17.2 Å². The first-order chi connectivity index (χ1) is 17.2. The Morgan fingerprint density at radius 3 is 2.26 bits per heavy atom. The minimum Gasteiger partial charge on any atom is -0.497 e. The first kappa shape index (κ1) is 22.8. The van der Waals surface area contributed by atoms with E-state index in [0.29, 0.717) is 19.6 Å². The molecule has 5 rings (SSSR count). The van der Waals surface area contributed by atoms with Gasteiger partial charge in [0, 0.05) is 31.1 Å². The van der Waals surface area contributed by atoms with Gasteiger partial charge in [0.2, 0.25) is 5.91 Å². The molecule has 1 atom stereocenters. The van der Waals surface area contributed by atoms with Gasteiger partial charge in [-0.2, -0.15) is 0 Å². The van der Waals surface area contributed by atoms with Gasteiger partial charge in [-0.15, -0.1) is 0 Å². The number of carbonyl (C=O) groups excluding carboxylic acids is 1. The van der Waals surface area contributed by atoms with Crippen LogP contribution in [-0.2, 0) is 11.3 Å². The Hall–Kier alpha value is -4.00. The summed E-state index contributed by atoms with van der Waals surface area (Å²) >= 11 is 0. The predicted octanol–water partition coefficient (Wildman–Crippen LogP) is 5.04. The Bertz CT molecular complexity index is 1300. The Kier molecular flexibility index (Phi) is 6.57. The summed E-state index contributed by atoms with van der Waals surface area (Å²) in [5, 5.41) is 0. The third-order valence-corrected chi connectivity index (χ3v) is 6.41. The molecule has 3 aromatic carbocycles. The molecule has 7 nitrogen and oxygen atoms in total. The molecule has 1 aliphatic rings. The third kappa shape index (κ3) is 4.80. The molecule has 1 fully saturated rings. The lowest BCUT2D eigenvalue weighted by Crippen LogP contribution is -2.24. The number of para-hydroxylation sites is 2. The summed E-state index contributed by atoms with van der Waals surface area (Å²) in [7, 11) is 3.29. The number of anilines is 1. The lowest BCUT2D eigenvalue weighted by molar-refractivity contribution is -0.117. The number of aromatic nitrogens is 2. The summed E-state index contributed by atoms with van der Waals surface area (Å²) in [6, 6.07) is 23.4. The van der Waals surface area contributed by atoms with E-state index in [9.17, 15) is 4.79 Å². The van der Waals surface area contributed by atoms with Crippen LogP contribution >= 0.6 is 0 Å². The highest BCUT2D eigenvalue weighted by molar-refractivity contribution is 5.96. The fourth-order valence-electron chi connectivity index (χ4n) is 4.62. The third-order valence-electron chi connectivity index (χ3n) is 6.41. The van der Waals surface area contributed by atoms with Crippen molar-refractivity contribution in [1.82, 2.24) is 9.55 Å². The summed E-state index contributed by atoms with van der Waals surface area (Å²) in [4.78, 5) is 19.7. The standard InChI is InChI=1S/C28H29N3O4/c1-33-22-10-8-21(9-11-22)31-19-20(18-27(31)32)28-29-25-6-3-4-7-26(25)30(28)16-5-17-35-24-14-12-23(34-2)13-15-24/h3-4,6-15,20H,5,16-19H2,1-2H3. The number of carbonyl (C=O) groups is 1. The number of fused-ring (bicyclic) bond motifs is 1. The number of hydrogen-bond donors (Lipinski definition) is 0. The maximum Gasteiger partial charge on any atom is 0.227 e. The molecule has 7 heteroatoms. The normalized spacial score (nSPS) is 15.5. The van der Waals surface area contributed by atoms with Crippen LogP contribution in [0.25, 0.3) is 11.0 Å². The smallest absolute Gasteiger partial charge is 0.227 e. The summed E-state index contributed by atoms with van der Waals surface area (Å²) in [6.45, 7) is 1.95.